The van der Waals surface area contributed by atoms with Crippen molar-refractivity contribution >= 4 is 29.9 Å². The number of fused-ring (bicyclic) bond motifs is 3. The number of nitrogens with two attached hydrogens (primary N) is 1. The van der Waals surface area contributed by atoms with Crippen LogP contribution in [0.2, 0.25) is 0 Å². The fraction of sp³-hybridized carbons (Fsp3) is 0.136. The van der Waals surface area contributed by atoms with Gasteiger partial charge in [0.25, 0.3) is 0 Å². The second-order valence-corrected chi connectivity index (χ2v) is 6.41. The quantitative estimate of drug-likeness (QED) is 0.604. The minimum absolute atomic E-state index is 0. The molecule has 0 heterocycles. The van der Waals surface area contributed by atoms with Crippen LogP contribution in [0.1, 0.15) is 17.0 Å². The van der Waals surface area contributed by atoms with E-state index in [1.54, 1.807) is 18.2 Å². The van der Waals surface area contributed by atoms with Crippen LogP contribution in [-0.4, -0.2) is 19.8 Å². The average molecular weight is 397 g/mol. The summed E-state index contributed by atoms with van der Waals surface area (Å²) in [7, 11) is 1.53. The van der Waals surface area contributed by atoms with Crippen molar-refractivity contribution in [1.82, 2.24) is 0 Å². The molecule has 0 aliphatic heterocycles. The van der Waals surface area contributed by atoms with E-state index in [1.165, 1.54) is 29.4 Å². The molecule has 3 aromatic rings. The molecule has 0 saturated carbocycles. The van der Waals surface area contributed by atoms with Crippen molar-refractivity contribution in [3.8, 4) is 16.9 Å². The van der Waals surface area contributed by atoms with Crippen molar-refractivity contribution in [2.24, 2.45) is 0 Å². The molecule has 5 nitrogen and oxygen atoms in total. The maximum Gasteiger partial charge on any atom is 0.411 e. The highest BCUT2D eigenvalue weighted by Gasteiger charge is 2.28. The lowest BCUT2D eigenvalue weighted by Crippen LogP contribution is -2.18. The average Bonchev–Trinajstić information content (AvgIpc) is 3.02. The Morgan fingerprint density at radius 3 is 2.21 bits per heavy atom. The molecule has 1 amide bonds. The highest BCUT2D eigenvalue weighted by atomic mass is 35.5. The number of ether oxygens (including phenoxy) is 2. The van der Waals surface area contributed by atoms with E-state index in [1.807, 2.05) is 24.3 Å². The van der Waals surface area contributed by atoms with Crippen LogP contribution in [0.25, 0.3) is 11.1 Å². The maximum atomic E-state index is 12.3. The van der Waals surface area contributed by atoms with Crippen LogP contribution >= 0.6 is 12.4 Å². The molecule has 3 N–H and O–H groups in total. The zero-order valence-corrected chi connectivity index (χ0v) is 16.2. The van der Waals surface area contributed by atoms with E-state index < -0.39 is 6.09 Å². The predicted molar refractivity (Wildman–Crippen MR) is 113 cm³/mol. The Bertz CT molecular complexity index is 961. The van der Waals surface area contributed by atoms with Crippen molar-refractivity contribution in [2.45, 2.75) is 5.92 Å². The first-order chi connectivity index (χ1) is 13.2. The number of carbonyl (C=O) groups excluding carboxylic acids is 1. The normalized spacial score (nSPS) is 11.8. The van der Waals surface area contributed by atoms with Gasteiger partial charge in [-0.2, -0.15) is 0 Å². The van der Waals surface area contributed by atoms with Gasteiger partial charge in [-0.1, -0.05) is 48.5 Å². The van der Waals surface area contributed by atoms with Gasteiger partial charge in [-0.15, -0.1) is 12.4 Å². The first-order valence-corrected chi connectivity index (χ1v) is 8.73. The molecule has 0 fully saturated rings. The minimum Gasteiger partial charge on any atom is -0.495 e. The number of anilines is 2. The molecule has 1 aliphatic rings. The van der Waals surface area contributed by atoms with Gasteiger partial charge in [0.15, 0.2) is 0 Å². The van der Waals surface area contributed by atoms with E-state index in [4.69, 9.17) is 15.2 Å². The molecule has 0 atom stereocenters. The van der Waals surface area contributed by atoms with Crippen LogP contribution in [0, 0.1) is 0 Å². The number of nitrogens with one attached hydrogen (secondary N) is 1. The van der Waals surface area contributed by atoms with E-state index >= 15 is 0 Å². The summed E-state index contributed by atoms with van der Waals surface area (Å²) in [4.78, 5) is 12.3. The second-order valence-electron chi connectivity index (χ2n) is 6.41. The molecule has 0 aromatic heterocycles. The first kappa shape index (κ1) is 19.6. The Morgan fingerprint density at radius 2 is 1.61 bits per heavy atom. The van der Waals surface area contributed by atoms with Crippen LogP contribution in [-0.2, 0) is 4.74 Å². The number of benzene rings is 3. The first-order valence-electron chi connectivity index (χ1n) is 8.73. The molecule has 144 valence electrons. The molecule has 1 aliphatic carbocycles. The molecule has 3 aromatic carbocycles. The van der Waals surface area contributed by atoms with Crippen molar-refractivity contribution in [3.05, 3.63) is 77.9 Å². The molecular formula is C22H21ClN2O3. The lowest BCUT2D eigenvalue weighted by Gasteiger charge is -2.15. The zero-order chi connectivity index (χ0) is 18.8. The highest BCUT2D eigenvalue weighted by molar-refractivity contribution is 5.86. The van der Waals surface area contributed by atoms with Gasteiger partial charge >= 0.3 is 6.09 Å². The van der Waals surface area contributed by atoms with Gasteiger partial charge < -0.3 is 15.2 Å². The van der Waals surface area contributed by atoms with E-state index in [9.17, 15) is 4.79 Å². The fourth-order valence-electron chi connectivity index (χ4n) is 3.54. The second kappa shape index (κ2) is 8.23. The summed E-state index contributed by atoms with van der Waals surface area (Å²) >= 11 is 0. The molecule has 28 heavy (non-hydrogen) atoms. The smallest absolute Gasteiger partial charge is 0.411 e. The van der Waals surface area contributed by atoms with Crippen LogP contribution in [0.3, 0.4) is 0 Å². The SMILES string of the molecule is COc1cc(NC(=O)OCC2c3ccccc3-c3ccccc32)ccc1N.Cl. The molecule has 6 heteroatoms. The Kier molecular flexibility index (Phi) is 5.76. The van der Waals surface area contributed by atoms with E-state index in [0.717, 1.165) is 0 Å². The van der Waals surface area contributed by atoms with Gasteiger partial charge in [-0.25, -0.2) is 4.79 Å². The Morgan fingerprint density at radius 1 is 1.00 bits per heavy atom. The third-order valence-electron chi connectivity index (χ3n) is 4.82. The van der Waals surface area contributed by atoms with Gasteiger partial charge in [-0.05, 0) is 34.4 Å². The van der Waals surface area contributed by atoms with Gasteiger partial charge in [0.2, 0.25) is 0 Å². The molecule has 0 radical (unpaired) electrons. The number of halogens is 1. The highest BCUT2D eigenvalue weighted by Crippen LogP contribution is 2.44. The number of rotatable bonds is 4. The van der Waals surface area contributed by atoms with Gasteiger partial charge in [0.1, 0.15) is 12.4 Å². The third-order valence-corrected chi connectivity index (χ3v) is 4.82. The van der Waals surface area contributed by atoms with Crippen LogP contribution < -0.4 is 15.8 Å². The Balaban J connectivity index is 0.00000225. The summed E-state index contributed by atoms with van der Waals surface area (Å²) in [5.74, 6) is 0.538. The molecule has 0 unspecified atom stereocenters. The lowest BCUT2D eigenvalue weighted by molar-refractivity contribution is 0.158. The largest absolute Gasteiger partial charge is 0.495 e. The summed E-state index contributed by atoms with van der Waals surface area (Å²) < 4.78 is 10.7. The monoisotopic (exact) mass is 396 g/mol. The summed E-state index contributed by atoms with van der Waals surface area (Å²) in [5.41, 5.74) is 11.6. The van der Waals surface area contributed by atoms with Gasteiger partial charge in [0, 0.05) is 17.7 Å². The van der Waals surface area contributed by atoms with E-state index in [2.05, 4.69) is 29.6 Å². The standard InChI is InChI=1S/C22H20N2O3.ClH/c1-26-21-12-14(10-11-20(21)23)24-22(25)27-13-19-17-8-4-2-6-15(17)16-7-3-5-9-18(16)19;/h2-12,19H,13,23H2,1H3,(H,24,25);1H. The predicted octanol–water partition coefficient (Wildman–Crippen LogP) is 5.06. The van der Waals surface area contributed by atoms with Crippen molar-refractivity contribution in [2.75, 3.05) is 24.8 Å². The number of hydrogen-bond donors (Lipinski definition) is 2. The summed E-state index contributed by atoms with van der Waals surface area (Å²) in [5, 5.41) is 2.72. The topological polar surface area (TPSA) is 73.6 Å². The Labute approximate surface area is 169 Å². The Hall–Kier alpha value is -3.18. The maximum absolute atomic E-state index is 12.3. The number of nitrogen functional groups attached to an aromatic ring is 1. The van der Waals surface area contributed by atoms with Crippen molar-refractivity contribution < 1.29 is 14.3 Å². The van der Waals surface area contributed by atoms with Crippen molar-refractivity contribution in [1.29, 1.82) is 0 Å². The number of hydrogen-bond acceptors (Lipinski definition) is 4. The summed E-state index contributed by atoms with van der Waals surface area (Å²) in [6, 6.07) is 21.5. The van der Waals surface area contributed by atoms with E-state index in [0.29, 0.717) is 17.1 Å². The third kappa shape index (κ3) is 3.62. The molecule has 0 spiro atoms. The van der Waals surface area contributed by atoms with Crippen LogP contribution in [0.4, 0.5) is 16.2 Å². The summed E-state index contributed by atoms with van der Waals surface area (Å²) in [6.07, 6.45) is -0.510. The lowest BCUT2D eigenvalue weighted by atomic mass is 9.98. The zero-order valence-electron chi connectivity index (χ0n) is 15.3. The molecule has 4 rings (SSSR count). The van der Waals surface area contributed by atoms with Gasteiger partial charge in [-0.3, -0.25) is 5.32 Å². The van der Waals surface area contributed by atoms with Gasteiger partial charge in [0.05, 0.1) is 12.8 Å². The number of amides is 1. The minimum atomic E-state index is -0.510. The van der Waals surface area contributed by atoms with Crippen molar-refractivity contribution in [3.63, 3.8) is 0 Å². The molecular weight excluding hydrogens is 376 g/mol. The number of carbonyl (C=O) groups is 1. The fourth-order valence-corrected chi connectivity index (χ4v) is 3.54. The molecule has 0 saturated heterocycles. The number of methoxy groups -OCH3 is 1. The van der Waals surface area contributed by atoms with E-state index in [-0.39, 0.29) is 24.9 Å². The van der Waals surface area contributed by atoms with Crippen LogP contribution in [0.15, 0.2) is 66.7 Å². The molecule has 0 bridgehead atoms. The summed E-state index contributed by atoms with van der Waals surface area (Å²) in [6.45, 7) is 0.270. The van der Waals surface area contributed by atoms with Crippen LogP contribution in [0.5, 0.6) is 5.75 Å².